The average molecular weight is 481 g/mol. The number of benzene rings is 2. The van der Waals surface area contributed by atoms with E-state index < -0.39 is 18.5 Å². The van der Waals surface area contributed by atoms with Gasteiger partial charge in [-0.15, -0.1) is 0 Å². The van der Waals surface area contributed by atoms with Crippen LogP contribution in [0.2, 0.25) is 15.2 Å². The molecule has 3 rings (SSSR count). The summed E-state index contributed by atoms with van der Waals surface area (Å²) in [6.07, 6.45) is 0. The first-order valence-corrected chi connectivity index (χ1v) is 10.00. The number of hydrogen-bond donors (Lipinski definition) is 2. The summed E-state index contributed by atoms with van der Waals surface area (Å²) in [4.78, 5) is 28.3. The molecule has 31 heavy (non-hydrogen) atoms. The molecule has 0 aliphatic heterocycles. The van der Waals surface area contributed by atoms with E-state index in [2.05, 4.69) is 10.3 Å². The fraction of sp³-hybridized carbons (Fsp3) is 0.0952. The second-order valence-electron chi connectivity index (χ2n) is 6.33. The fourth-order valence-corrected chi connectivity index (χ4v) is 3.03. The lowest BCUT2D eigenvalue weighted by molar-refractivity contribution is -0.119. The van der Waals surface area contributed by atoms with E-state index in [4.69, 9.17) is 50.0 Å². The van der Waals surface area contributed by atoms with Gasteiger partial charge in [-0.2, -0.15) is 0 Å². The lowest BCUT2D eigenvalue weighted by Gasteiger charge is -2.13. The van der Waals surface area contributed by atoms with Crippen molar-refractivity contribution in [2.75, 3.05) is 17.7 Å². The molecule has 160 valence electrons. The molecular formula is C21H16Cl3N3O4. The van der Waals surface area contributed by atoms with Gasteiger partial charge in [0.25, 0.3) is 5.91 Å². The Hall–Kier alpha value is -3.00. The number of nitrogen functional groups attached to an aromatic ring is 1. The van der Waals surface area contributed by atoms with Gasteiger partial charge < -0.3 is 20.5 Å². The maximum atomic E-state index is 12.3. The molecule has 0 spiro atoms. The minimum atomic E-state index is -0.977. The van der Waals surface area contributed by atoms with Crippen LogP contribution in [0.1, 0.15) is 16.1 Å². The van der Waals surface area contributed by atoms with Crippen LogP contribution in [-0.4, -0.2) is 23.5 Å². The molecule has 10 heteroatoms. The largest absolute Gasteiger partial charge is 0.455 e. The van der Waals surface area contributed by atoms with Gasteiger partial charge in [0, 0.05) is 0 Å². The van der Waals surface area contributed by atoms with Crippen molar-refractivity contribution in [3.63, 3.8) is 0 Å². The molecule has 0 fully saturated rings. The van der Waals surface area contributed by atoms with E-state index in [0.717, 1.165) is 5.56 Å². The zero-order valence-corrected chi connectivity index (χ0v) is 18.4. The number of ether oxygens (including phenoxy) is 2. The summed E-state index contributed by atoms with van der Waals surface area (Å²) < 4.78 is 10.8. The molecule has 0 radical (unpaired) electrons. The Morgan fingerprint density at radius 3 is 2.42 bits per heavy atom. The molecule has 3 N–H and O–H groups in total. The number of anilines is 2. The lowest BCUT2D eigenvalue weighted by Crippen LogP contribution is -2.22. The maximum Gasteiger partial charge on any atom is 0.359 e. The van der Waals surface area contributed by atoms with Gasteiger partial charge in [0.2, 0.25) is 0 Å². The van der Waals surface area contributed by atoms with Crippen LogP contribution >= 0.6 is 34.8 Å². The van der Waals surface area contributed by atoms with Crippen molar-refractivity contribution < 1.29 is 19.1 Å². The molecule has 0 saturated heterocycles. The summed E-state index contributed by atoms with van der Waals surface area (Å²) >= 11 is 17.6. The van der Waals surface area contributed by atoms with Gasteiger partial charge in [-0.05, 0) is 31.2 Å². The average Bonchev–Trinajstić information content (AvgIpc) is 2.76. The summed E-state index contributed by atoms with van der Waals surface area (Å²) in [6, 6.07) is 14.3. The number of amides is 1. The summed E-state index contributed by atoms with van der Waals surface area (Å²) in [6.45, 7) is 1.37. The third-order valence-electron chi connectivity index (χ3n) is 4.01. The first kappa shape index (κ1) is 22.7. The normalized spacial score (nSPS) is 10.5. The smallest absolute Gasteiger partial charge is 0.359 e. The molecular weight excluding hydrogens is 465 g/mol. The molecule has 0 saturated carbocycles. The van der Waals surface area contributed by atoms with E-state index in [1.54, 1.807) is 24.3 Å². The molecule has 1 amide bonds. The van der Waals surface area contributed by atoms with E-state index in [0.29, 0.717) is 17.2 Å². The van der Waals surface area contributed by atoms with Crippen LogP contribution in [-0.2, 0) is 9.53 Å². The van der Waals surface area contributed by atoms with Crippen LogP contribution in [0, 0.1) is 6.92 Å². The van der Waals surface area contributed by atoms with Gasteiger partial charge in [-0.25, -0.2) is 9.78 Å². The fourth-order valence-electron chi connectivity index (χ4n) is 2.44. The van der Waals surface area contributed by atoms with Crippen molar-refractivity contribution in [2.24, 2.45) is 0 Å². The Morgan fingerprint density at radius 1 is 1.03 bits per heavy atom. The standard InChI is InChI=1S/C21H16Cl3N3O4/c1-11-6-8-12(9-7-11)31-14-5-3-2-4-13(14)26-15(28)10-30-21(29)19-16(22)18(25)17(23)20(24)27-19/h2-9H,10H2,1H3,(H2,25,27)(H,26,28). The molecule has 0 unspecified atom stereocenters. The Balaban J connectivity index is 1.65. The van der Waals surface area contributed by atoms with Gasteiger partial charge in [0.05, 0.1) is 16.4 Å². The molecule has 1 aromatic heterocycles. The van der Waals surface area contributed by atoms with Gasteiger partial charge in [-0.1, -0.05) is 64.6 Å². The van der Waals surface area contributed by atoms with Crippen molar-refractivity contribution in [1.29, 1.82) is 0 Å². The van der Waals surface area contributed by atoms with E-state index >= 15 is 0 Å². The van der Waals surface area contributed by atoms with Crippen LogP contribution in [0.5, 0.6) is 11.5 Å². The molecule has 0 aliphatic carbocycles. The highest BCUT2D eigenvalue weighted by atomic mass is 35.5. The number of carbonyl (C=O) groups excluding carboxylic acids is 2. The lowest BCUT2D eigenvalue weighted by atomic mass is 10.2. The van der Waals surface area contributed by atoms with E-state index in [1.807, 2.05) is 31.2 Å². The number of para-hydroxylation sites is 2. The quantitative estimate of drug-likeness (QED) is 0.356. The monoisotopic (exact) mass is 479 g/mol. The zero-order chi connectivity index (χ0) is 22.5. The Bertz CT molecular complexity index is 1140. The molecule has 7 nitrogen and oxygen atoms in total. The van der Waals surface area contributed by atoms with Crippen LogP contribution in [0.3, 0.4) is 0 Å². The predicted molar refractivity (Wildman–Crippen MR) is 120 cm³/mol. The topological polar surface area (TPSA) is 104 Å². The Morgan fingerprint density at radius 2 is 1.71 bits per heavy atom. The summed E-state index contributed by atoms with van der Waals surface area (Å²) in [7, 11) is 0. The number of carbonyl (C=O) groups is 2. The number of rotatable bonds is 6. The number of halogens is 3. The van der Waals surface area contributed by atoms with E-state index in [1.165, 1.54) is 0 Å². The second-order valence-corrected chi connectivity index (χ2v) is 7.44. The second kappa shape index (κ2) is 9.87. The van der Waals surface area contributed by atoms with Crippen molar-refractivity contribution in [3.05, 3.63) is 75.0 Å². The number of nitrogens with zero attached hydrogens (tertiary/aromatic N) is 1. The molecule has 0 atom stereocenters. The Labute approximate surface area is 193 Å². The third-order valence-corrected chi connectivity index (χ3v) is 5.15. The minimum absolute atomic E-state index is 0.0776. The first-order valence-electron chi connectivity index (χ1n) is 8.86. The maximum absolute atomic E-state index is 12.3. The van der Waals surface area contributed by atoms with Crippen LogP contribution < -0.4 is 15.8 Å². The van der Waals surface area contributed by atoms with Gasteiger partial charge in [0.15, 0.2) is 23.2 Å². The van der Waals surface area contributed by atoms with Gasteiger partial charge >= 0.3 is 5.97 Å². The van der Waals surface area contributed by atoms with Crippen molar-refractivity contribution in [1.82, 2.24) is 4.98 Å². The number of aryl methyl sites for hydroxylation is 1. The number of hydrogen-bond acceptors (Lipinski definition) is 6. The number of nitrogens with two attached hydrogens (primary N) is 1. The number of pyridine rings is 1. The van der Waals surface area contributed by atoms with Crippen LogP contribution in [0.15, 0.2) is 48.5 Å². The minimum Gasteiger partial charge on any atom is -0.455 e. The van der Waals surface area contributed by atoms with E-state index in [9.17, 15) is 9.59 Å². The SMILES string of the molecule is Cc1ccc(Oc2ccccc2NC(=O)COC(=O)c2nc(Cl)c(Cl)c(N)c2Cl)cc1. The van der Waals surface area contributed by atoms with Gasteiger partial charge in [-0.3, -0.25) is 4.79 Å². The number of aromatic nitrogens is 1. The highest BCUT2D eigenvalue weighted by Gasteiger charge is 2.22. The highest BCUT2D eigenvalue weighted by molar-refractivity contribution is 6.46. The Kier molecular flexibility index (Phi) is 7.22. The predicted octanol–water partition coefficient (Wildman–Crippen LogP) is 5.52. The molecule has 1 heterocycles. The first-order chi connectivity index (χ1) is 14.8. The highest BCUT2D eigenvalue weighted by Crippen LogP contribution is 2.34. The molecule has 3 aromatic rings. The summed E-state index contributed by atoms with van der Waals surface area (Å²) in [5, 5.41) is 2.13. The molecule has 0 aliphatic rings. The zero-order valence-electron chi connectivity index (χ0n) is 16.1. The van der Waals surface area contributed by atoms with Crippen LogP contribution in [0.4, 0.5) is 11.4 Å². The third kappa shape index (κ3) is 5.58. The molecule has 0 bridgehead atoms. The number of nitrogens with one attached hydrogen (secondary N) is 1. The van der Waals surface area contributed by atoms with Crippen LogP contribution in [0.25, 0.3) is 0 Å². The molecule has 2 aromatic carbocycles. The summed E-state index contributed by atoms with van der Waals surface area (Å²) in [5.41, 5.74) is 6.72. The van der Waals surface area contributed by atoms with Crippen molar-refractivity contribution in [2.45, 2.75) is 6.92 Å². The van der Waals surface area contributed by atoms with Gasteiger partial charge in [0.1, 0.15) is 10.8 Å². The number of esters is 1. The van der Waals surface area contributed by atoms with Crippen molar-refractivity contribution >= 4 is 58.1 Å². The van der Waals surface area contributed by atoms with E-state index in [-0.39, 0.29) is 26.6 Å². The van der Waals surface area contributed by atoms with Crippen molar-refractivity contribution in [3.8, 4) is 11.5 Å². The summed E-state index contributed by atoms with van der Waals surface area (Å²) in [5.74, 6) is -0.545.